The van der Waals surface area contributed by atoms with Crippen LogP contribution in [0.5, 0.6) is 0 Å². The number of carbonyl (C=O) groups is 3. The SMILES string of the molecule is CCOC(=O)C1(C(=O)OCC)C(c2ccc([N+](=O)[O-])cc2)N1C(=O)c1ccccc1. The van der Waals surface area contributed by atoms with Crippen molar-refractivity contribution >= 4 is 23.5 Å². The van der Waals surface area contributed by atoms with Crippen LogP contribution in [0, 0.1) is 10.1 Å². The second-order valence-electron chi connectivity index (χ2n) is 6.50. The van der Waals surface area contributed by atoms with Crippen molar-refractivity contribution in [1.82, 2.24) is 4.90 Å². The lowest BCUT2D eigenvalue weighted by Gasteiger charge is -2.14. The standard InChI is InChI=1S/C21H20N2O7/c1-3-29-19(25)21(20(26)30-4-2)17(14-10-12-16(13-11-14)23(27)28)22(21)18(24)15-8-6-5-7-9-15/h5-13,17H,3-4H2,1-2H3. The van der Waals surface area contributed by atoms with Crippen molar-refractivity contribution in [2.45, 2.75) is 25.4 Å². The maximum absolute atomic E-state index is 13.2. The van der Waals surface area contributed by atoms with E-state index in [1.165, 1.54) is 24.3 Å². The summed E-state index contributed by atoms with van der Waals surface area (Å²) in [6, 6.07) is 12.5. The highest BCUT2D eigenvalue weighted by atomic mass is 16.6. The Kier molecular flexibility index (Phi) is 5.81. The molecule has 2 aromatic carbocycles. The molecular formula is C21H20N2O7. The average molecular weight is 412 g/mol. The van der Waals surface area contributed by atoms with Crippen LogP contribution < -0.4 is 0 Å². The Morgan fingerprint density at radius 1 is 0.967 bits per heavy atom. The molecule has 0 aliphatic carbocycles. The van der Waals surface area contributed by atoms with E-state index in [1.54, 1.807) is 44.2 Å². The molecule has 0 spiro atoms. The highest BCUT2D eigenvalue weighted by Gasteiger charge is 2.78. The summed E-state index contributed by atoms with van der Waals surface area (Å²) in [5.41, 5.74) is -1.49. The first-order chi connectivity index (χ1) is 14.4. The minimum Gasteiger partial charge on any atom is -0.464 e. The van der Waals surface area contributed by atoms with Gasteiger partial charge in [0.25, 0.3) is 17.1 Å². The summed E-state index contributed by atoms with van der Waals surface area (Å²) in [4.78, 5) is 50.6. The summed E-state index contributed by atoms with van der Waals surface area (Å²) >= 11 is 0. The number of rotatable bonds is 7. The molecule has 2 aromatic rings. The number of non-ortho nitro benzene ring substituents is 1. The Morgan fingerprint density at radius 3 is 1.97 bits per heavy atom. The van der Waals surface area contributed by atoms with Crippen LogP contribution in [0.15, 0.2) is 54.6 Å². The molecule has 1 fully saturated rings. The third-order valence-corrected chi connectivity index (χ3v) is 4.80. The normalized spacial score (nSPS) is 16.5. The molecule has 1 atom stereocenters. The van der Waals surface area contributed by atoms with Gasteiger partial charge in [0, 0.05) is 17.7 Å². The van der Waals surface area contributed by atoms with Crippen LogP contribution >= 0.6 is 0 Å². The Hall–Kier alpha value is -3.75. The van der Waals surface area contributed by atoms with Crippen molar-refractivity contribution in [2.24, 2.45) is 0 Å². The van der Waals surface area contributed by atoms with Crippen LogP contribution in [0.4, 0.5) is 5.69 Å². The smallest absolute Gasteiger partial charge is 0.346 e. The third-order valence-electron chi connectivity index (χ3n) is 4.80. The molecule has 0 saturated carbocycles. The van der Waals surface area contributed by atoms with Crippen molar-refractivity contribution < 1.29 is 28.8 Å². The summed E-state index contributed by atoms with van der Waals surface area (Å²) in [6.45, 7) is 3.17. The number of amides is 1. The van der Waals surface area contributed by atoms with E-state index in [9.17, 15) is 24.5 Å². The predicted molar refractivity (Wildman–Crippen MR) is 104 cm³/mol. The van der Waals surface area contributed by atoms with Crippen molar-refractivity contribution in [3.8, 4) is 0 Å². The largest absolute Gasteiger partial charge is 0.464 e. The summed E-state index contributed by atoms with van der Waals surface area (Å²) in [5, 5.41) is 11.0. The molecule has 9 nitrogen and oxygen atoms in total. The monoisotopic (exact) mass is 412 g/mol. The fourth-order valence-electron chi connectivity index (χ4n) is 3.44. The van der Waals surface area contributed by atoms with E-state index in [4.69, 9.17) is 9.47 Å². The molecule has 1 amide bonds. The number of nitro groups is 1. The highest BCUT2D eigenvalue weighted by molar-refractivity contribution is 6.16. The van der Waals surface area contributed by atoms with Crippen LogP contribution in [-0.4, -0.2) is 46.4 Å². The fraction of sp³-hybridized carbons (Fsp3) is 0.286. The molecule has 1 heterocycles. The van der Waals surface area contributed by atoms with Gasteiger partial charge in [0.15, 0.2) is 0 Å². The van der Waals surface area contributed by atoms with E-state index in [-0.39, 0.29) is 24.5 Å². The predicted octanol–water partition coefficient (Wildman–Crippen LogP) is 2.66. The van der Waals surface area contributed by atoms with E-state index in [0.717, 1.165) is 4.90 Å². The van der Waals surface area contributed by atoms with Crippen molar-refractivity contribution in [1.29, 1.82) is 0 Å². The maximum atomic E-state index is 13.2. The summed E-state index contributed by atoms with van der Waals surface area (Å²) in [7, 11) is 0. The molecule has 1 aliphatic heterocycles. The van der Waals surface area contributed by atoms with E-state index >= 15 is 0 Å². The van der Waals surface area contributed by atoms with Gasteiger partial charge in [-0.05, 0) is 31.5 Å². The summed E-state index contributed by atoms with van der Waals surface area (Å²) < 4.78 is 10.2. The number of carbonyl (C=O) groups excluding carboxylic acids is 3. The van der Waals surface area contributed by atoms with Crippen LogP contribution in [0.25, 0.3) is 0 Å². The Labute approximate surface area is 172 Å². The van der Waals surface area contributed by atoms with Crippen LogP contribution in [0.3, 0.4) is 0 Å². The molecule has 3 rings (SSSR count). The number of nitrogens with zero attached hydrogens (tertiary/aromatic N) is 2. The first kappa shape index (κ1) is 21.0. The number of hydrogen-bond donors (Lipinski definition) is 0. The summed E-state index contributed by atoms with van der Waals surface area (Å²) in [6.07, 6.45) is 0. The highest BCUT2D eigenvalue weighted by Crippen LogP contribution is 2.56. The van der Waals surface area contributed by atoms with Crippen LogP contribution in [-0.2, 0) is 19.1 Å². The van der Waals surface area contributed by atoms with Gasteiger partial charge in [-0.15, -0.1) is 0 Å². The van der Waals surface area contributed by atoms with Crippen molar-refractivity contribution in [3.63, 3.8) is 0 Å². The van der Waals surface area contributed by atoms with E-state index in [2.05, 4.69) is 0 Å². The van der Waals surface area contributed by atoms with Gasteiger partial charge in [-0.2, -0.15) is 0 Å². The van der Waals surface area contributed by atoms with E-state index in [1.807, 2.05) is 0 Å². The van der Waals surface area contributed by atoms with Gasteiger partial charge in [0.05, 0.1) is 18.1 Å². The number of esters is 2. The molecule has 0 N–H and O–H groups in total. The van der Waals surface area contributed by atoms with Gasteiger partial charge < -0.3 is 14.4 Å². The van der Waals surface area contributed by atoms with Gasteiger partial charge in [0.2, 0.25) is 0 Å². The van der Waals surface area contributed by atoms with Crippen molar-refractivity contribution in [2.75, 3.05) is 13.2 Å². The lowest BCUT2D eigenvalue weighted by atomic mass is 9.99. The number of nitro benzene ring substituents is 1. The molecule has 156 valence electrons. The van der Waals surface area contributed by atoms with Gasteiger partial charge in [-0.1, -0.05) is 30.3 Å². The second-order valence-corrected chi connectivity index (χ2v) is 6.50. The van der Waals surface area contributed by atoms with E-state index in [0.29, 0.717) is 5.56 Å². The van der Waals surface area contributed by atoms with Gasteiger partial charge in [-0.3, -0.25) is 14.9 Å². The molecule has 1 aliphatic rings. The molecular weight excluding hydrogens is 392 g/mol. The Morgan fingerprint density at radius 2 is 1.50 bits per heavy atom. The van der Waals surface area contributed by atoms with Crippen LogP contribution in [0.1, 0.15) is 35.8 Å². The Bertz CT molecular complexity index is 955. The zero-order valence-corrected chi connectivity index (χ0v) is 16.4. The van der Waals surface area contributed by atoms with Gasteiger partial charge in [-0.25, -0.2) is 9.59 Å². The van der Waals surface area contributed by atoms with E-state index < -0.39 is 34.3 Å². The van der Waals surface area contributed by atoms with Gasteiger partial charge >= 0.3 is 11.9 Å². The lowest BCUT2D eigenvalue weighted by molar-refractivity contribution is -0.384. The quantitative estimate of drug-likeness (QED) is 0.226. The molecule has 0 aromatic heterocycles. The third kappa shape index (κ3) is 3.38. The molecule has 1 unspecified atom stereocenters. The van der Waals surface area contributed by atoms with Crippen LogP contribution in [0.2, 0.25) is 0 Å². The maximum Gasteiger partial charge on any atom is 0.346 e. The number of hydrogen-bond acceptors (Lipinski definition) is 7. The molecule has 0 bridgehead atoms. The molecule has 30 heavy (non-hydrogen) atoms. The van der Waals surface area contributed by atoms with Crippen molar-refractivity contribution in [3.05, 3.63) is 75.8 Å². The first-order valence-electron chi connectivity index (χ1n) is 9.37. The average Bonchev–Trinajstić information content (AvgIpc) is 3.45. The minimum absolute atomic E-state index is 0.000335. The number of ether oxygens (including phenoxy) is 2. The fourth-order valence-corrected chi connectivity index (χ4v) is 3.44. The lowest BCUT2D eigenvalue weighted by Crippen LogP contribution is -2.43. The van der Waals surface area contributed by atoms with Gasteiger partial charge in [0.1, 0.15) is 6.04 Å². The molecule has 1 saturated heterocycles. The first-order valence-corrected chi connectivity index (χ1v) is 9.37. The number of benzene rings is 2. The Balaban J connectivity index is 2.11. The topological polar surface area (TPSA) is 116 Å². The zero-order valence-electron chi connectivity index (χ0n) is 16.4. The molecule has 0 radical (unpaired) electrons. The summed E-state index contributed by atoms with van der Waals surface area (Å²) in [5.74, 6) is -2.37. The second kappa shape index (κ2) is 8.32. The zero-order chi connectivity index (χ0) is 21.9. The minimum atomic E-state index is -1.99. The molecule has 9 heteroatoms.